The van der Waals surface area contributed by atoms with Gasteiger partial charge in [0.15, 0.2) is 0 Å². The molecule has 1 aromatic carbocycles. The third-order valence-electron chi connectivity index (χ3n) is 2.34. The molecular weight excluding hydrogens is 230 g/mol. The van der Waals surface area contributed by atoms with E-state index in [1.807, 2.05) is 25.2 Å². The van der Waals surface area contributed by atoms with Crippen LogP contribution in [0.1, 0.15) is 13.3 Å². The molecule has 0 aliphatic rings. The summed E-state index contributed by atoms with van der Waals surface area (Å²) in [5.74, 6) is 0.608. The molecule has 84 valence electrons. The second-order valence-corrected chi connectivity index (χ2v) is 5.21. The van der Waals surface area contributed by atoms with Crippen LogP contribution in [0.2, 0.25) is 5.02 Å². The van der Waals surface area contributed by atoms with Crippen LogP contribution in [0.3, 0.4) is 0 Å². The smallest absolute Gasteiger partial charge is 0.0574 e. The Kier molecular flexibility index (Phi) is 5.29. The lowest BCUT2D eigenvalue weighted by Crippen LogP contribution is -2.30. The minimum atomic E-state index is -1.02. The van der Waals surface area contributed by atoms with Gasteiger partial charge in [-0.15, -0.1) is 0 Å². The fourth-order valence-corrected chi connectivity index (χ4v) is 3.16. The summed E-state index contributed by atoms with van der Waals surface area (Å²) in [4.78, 5) is 0.730. The van der Waals surface area contributed by atoms with E-state index in [9.17, 15) is 4.21 Å². The Balaban J connectivity index is 2.73. The lowest BCUT2D eigenvalue weighted by molar-refractivity contribution is 0.590. The lowest BCUT2D eigenvalue weighted by atomic mass is 10.3. The van der Waals surface area contributed by atoms with Crippen molar-refractivity contribution < 1.29 is 4.21 Å². The molecule has 0 fully saturated rings. The maximum Gasteiger partial charge on any atom is 0.0574 e. The van der Waals surface area contributed by atoms with E-state index in [0.29, 0.717) is 10.8 Å². The summed E-state index contributed by atoms with van der Waals surface area (Å²) >= 11 is 5.98. The van der Waals surface area contributed by atoms with E-state index in [4.69, 9.17) is 11.6 Å². The summed E-state index contributed by atoms with van der Waals surface area (Å²) in [6, 6.07) is 7.58. The Labute approximate surface area is 98.5 Å². The van der Waals surface area contributed by atoms with Crippen molar-refractivity contribution in [3.05, 3.63) is 29.3 Å². The zero-order valence-electron chi connectivity index (χ0n) is 9.00. The molecule has 0 aliphatic heterocycles. The first kappa shape index (κ1) is 12.7. The van der Waals surface area contributed by atoms with Gasteiger partial charge >= 0.3 is 0 Å². The summed E-state index contributed by atoms with van der Waals surface area (Å²) in [7, 11) is 0.868. The van der Waals surface area contributed by atoms with Crippen molar-refractivity contribution in [1.29, 1.82) is 0 Å². The molecule has 1 aromatic rings. The zero-order valence-corrected chi connectivity index (χ0v) is 10.6. The molecule has 1 N–H and O–H groups in total. The second kappa shape index (κ2) is 6.26. The Morgan fingerprint density at radius 2 is 2.13 bits per heavy atom. The predicted octanol–water partition coefficient (Wildman–Crippen LogP) is 2.45. The van der Waals surface area contributed by atoms with Crippen LogP contribution in [0.25, 0.3) is 0 Å². The quantitative estimate of drug-likeness (QED) is 0.864. The Bertz CT molecular complexity index is 339. The molecule has 0 saturated heterocycles. The number of hydrogen-bond acceptors (Lipinski definition) is 2. The SMILES string of the molecule is CCC(CS(=O)c1ccccc1Cl)NC. The van der Waals surface area contributed by atoms with E-state index >= 15 is 0 Å². The topological polar surface area (TPSA) is 29.1 Å². The second-order valence-electron chi connectivity index (χ2n) is 3.34. The molecule has 0 saturated carbocycles. The van der Waals surface area contributed by atoms with Gasteiger partial charge < -0.3 is 5.32 Å². The molecular formula is C11H16ClNOS. The van der Waals surface area contributed by atoms with Crippen molar-refractivity contribution >= 4 is 22.4 Å². The van der Waals surface area contributed by atoms with Crippen LogP contribution in [0.15, 0.2) is 29.2 Å². The highest BCUT2D eigenvalue weighted by atomic mass is 35.5. The third kappa shape index (κ3) is 3.59. The number of hydrogen-bond donors (Lipinski definition) is 1. The fraction of sp³-hybridized carbons (Fsp3) is 0.455. The average Bonchev–Trinajstić information content (AvgIpc) is 2.26. The van der Waals surface area contributed by atoms with E-state index in [0.717, 1.165) is 11.3 Å². The summed E-state index contributed by atoms with van der Waals surface area (Å²) in [5.41, 5.74) is 0. The molecule has 15 heavy (non-hydrogen) atoms. The lowest BCUT2D eigenvalue weighted by Gasteiger charge is -2.13. The molecule has 0 aliphatic carbocycles. The largest absolute Gasteiger partial charge is 0.316 e. The van der Waals surface area contributed by atoms with Gasteiger partial charge in [-0.2, -0.15) is 0 Å². The highest BCUT2D eigenvalue weighted by Crippen LogP contribution is 2.19. The molecule has 0 bridgehead atoms. The predicted molar refractivity (Wildman–Crippen MR) is 65.9 cm³/mol. The molecule has 0 amide bonds. The summed E-state index contributed by atoms with van der Waals surface area (Å²) in [6.07, 6.45) is 0.965. The van der Waals surface area contributed by atoms with Crippen LogP contribution in [0, 0.1) is 0 Å². The van der Waals surface area contributed by atoms with Gasteiger partial charge in [-0.05, 0) is 25.6 Å². The summed E-state index contributed by atoms with van der Waals surface area (Å²) in [6.45, 7) is 2.07. The number of nitrogens with one attached hydrogen (secondary N) is 1. The van der Waals surface area contributed by atoms with Crippen LogP contribution < -0.4 is 5.32 Å². The fourth-order valence-electron chi connectivity index (χ4n) is 1.31. The normalized spacial score (nSPS) is 14.9. The zero-order chi connectivity index (χ0) is 11.3. The first-order valence-electron chi connectivity index (χ1n) is 4.99. The van der Waals surface area contributed by atoms with Gasteiger partial charge in [-0.3, -0.25) is 4.21 Å². The van der Waals surface area contributed by atoms with Gasteiger partial charge in [0.05, 0.1) is 20.7 Å². The number of benzene rings is 1. The van der Waals surface area contributed by atoms with Crippen LogP contribution in [-0.4, -0.2) is 23.1 Å². The van der Waals surface area contributed by atoms with Crippen LogP contribution >= 0.6 is 11.6 Å². The molecule has 0 spiro atoms. The maximum atomic E-state index is 12.0. The van der Waals surface area contributed by atoms with E-state index in [1.165, 1.54) is 0 Å². The first-order valence-corrected chi connectivity index (χ1v) is 6.68. The van der Waals surface area contributed by atoms with Crippen LogP contribution in [0.4, 0.5) is 0 Å². The van der Waals surface area contributed by atoms with E-state index in [2.05, 4.69) is 12.2 Å². The van der Waals surface area contributed by atoms with Gasteiger partial charge in [-0.1, -0.05) is 30.7 Å². The van der Waals surface area contributed by atoms with E-state index in [1.54, 1.807) is 6.07 Å². The molecule has 0 radical (unpaired) electrons. The molecule has 0 aromatic heterocycles. The minimum Gasteiger partial charge on any atom is -0.316 e. The molecule has 2 atom stereocenters. The van der Waals surface area contributed by atoms with Crippen molar-refractivity contribution in [2.24, 2.45) is 0 Å². The molecule has 4 heteroatoms. The monoisotopic (exact) mass is 245 g/mol. The Morgan fingerprint density at radius 3 is 2.67 bits per heavy atom. The van der Waals surface area contributed by atoms with Gasteiger partial charge in [0.25, 0.3) is 0 Å². The highest BCUT2D eigenvalue weighted by molar-refractivity contribution is 7.85. The molecule has 1 rings (SSSR count). The molecule has 2 nitrogen and oxygen atoms in total. The standard InChI is InChI=1S/C11H16ClNOS/c1-3-9(13-2)8-15(14)11-7-5-4-6-10(11)12/h4-7,9,13H,3,8H2,1-2H3. The van der Waals surface area contributed by atoms with E-state index in [-0.39, 0.29) is 6.04 Å². The van der Waals surface area contributed by atoms with E-state index < -0.39 is 10.8 Å². The highest BCUT2D eigenvalue weighted by Gasteiger charge is 2.12. The molecule has 0 heterocycles. The third-order valence-corrected chi connectivity index (χ3v) is 4.33. The van der Waals surface area contributed by atoms with Crippen molar-refractivity contribution in [3.63, 3.8) is 0 Å². The molecule has 2 unspecified atom stereocenters. The van der Waals surface area contributed by atoms with Crippen LogP contribution in [0.5, 0.6) is 0 Å². The maximum absolute atomic E-state index is 12.0. The minimum absolute atomic E-state index is 0.280. The average molecular weight is 246 g/mol. The van der Waals surface area contributed by atoms with Crippen molar-refractivity contribution in [2.75, 3.05) is 12.8 Å². The van der Waals surface area contributed by atoms with Gasteiger partial charge in [0, 0.05) is 11.8 Å². The van der Waals surface area contributed by atoms with Crippen molar-refractivity contribution in [1.82, 2.24) is 5.32 Å². The van der Waals surface area contributed by atoms with Gasteiger partial charge in [0.1, 0.15) is 0 Å². The first-order chi connectivity index (χ1) is 7.19. The Hall–Kier alpha value is -0.380. The van der Waals surface area contributed by atoms with Crippen molar-refractivity contribution in [3.8, 4) is 0 Å². The van der Waals surface area contributed by atoms with Gasteiger partial charge in [-0.25, -0.2) is 0 Å². The van der Waals surface area contributed by atoms with Gasteiger partial charge in [0.2, 0.25) is 0 Å². The summed E-state index contributed by atoms with van der Waals surface area (Å²) < 4.78 is 12.0. The number of halogens is 1. The number of rotatable bonds is 5. The summed E-state index contributed by atoms with van der Waals surface area (Å²) in [5, 5.41) is 3.72. The van der Waals surface area contributed by atoms with Crippen molar-refractivity contribution in [2.45, 2.75) is 24.3 Å². The Morgan fingerprint density at radius 1 is 1.47 bits per heavy atom. The van der Waals surface area contributed by atoms with Crippen LogP contribution in [-0.2, 0) is 10.8 Å².